The number of anilines is 2. The smallest absolute Gasteiger partial charge is 0.259 e. The molecule has 0 saturated heterocycles. The van der Waals surface area contributed by atoms with E-state index in [0.717, 1.165) is 0 Å². The van der Waals surface area contributed by atoms with E-state index in [4.69, 9.17) is 26.8 Å². The molecule has 1 aromatic carbocycles. The molecular formula is C14H14ClN3O3. The van der Waals surface area contributed by atoms with Crippen LogP contribution in [0, 0.1) is 0 Å². The molecule has 0 aliphatic rings. The molecule has 1 aromatic heterocycles. The minimum Gasteiger partial charge on any atom is -0.493 e. The number of nitrogens with one attached hydrogen (secondary N) is 1. The lowest BCUT2D eigenvalue weighted by molar-refractivity contribution is 0.102. The highest BCUT2D eigenvalue weighted by molar-refractivity contribution is 6.30. The molecule has 3 N–H and O–H groups in total. The van der Waals surface area contributed by atoms with Crippen LogP contribution in [0.1, 0.15) is 10.4 Å². The Morgan fingerprint density at radius 3 is 2.52 bits per heavy atom. The number of carbonyl (C=O) groups is 1. The number of aromatic nitrogens is 1. The van der Waals surface area contributed by atoms with E-state index in [9.17, 15) is 4.79 Å². The summed E-state index contributed by atoms with van der Waals surface area (Å²) in [6.07, 6.45) is 1.50. The number of nitrogen functional groups attached to an aromatic ring is 1. The van der Waals surface area contributed by atoms with Crippen molar-refractivity contribution in [2.45, 2.75) is 0 Å². The van der Waals surface area contributed by atoms with Crippen LogP contribution in [0.3, 0.4) is 0 Å². The number of nitrogens with zero attached hydrogens (tertiary/aromatic N) is 1. The molecule has 0 saturated carbocycles. The van der Waals surface area contributed by atoms with Gasteiger partial charge in [0.25, 0.3) is 5.91 Å². The minimum atomic E-state index is -0.414. The average Bonchev–Trinajstić information content (AvgIpc) is 2.46. The number of benzene rings is 1. The second-order valence-corrected chi connectivity index (χ2v) is 4.54. The Morgan fingerprint density at radius 1 is 1.24 bits per heavy atom. The van der Waals surface area contributed by atoms with Crippen molar-refractivity contribution in [2.24, 2.45) is 0 Å². The lowest BCUT2D eigenvalue weighted by Crippen LogP contribution is -2.15. The van der Waals surface area contributed by atoms with Gasteiger partial charge in [0, 0.05) is 23.0 Å². The Labute approximate surface area is 126 Å². The first-order chi connectivity index (χ1) is 10.0. The summed E-state index contributed by atoms with van der Waals surface area (Å²) in [5, 5.41) is 3.09. The van der Waals surface area contributed by atoms with E-state index < -0.39 is 5.91 Å². The summed E-state index contributed by atoms with van der Waals surface area (Å²) < 4.78 is 10.3. The Hall–Kier alpha value is -2.47. The predicted octanol–water partition coefficient (Wildman–Crippen LogP) is 2.59. The zero-order valence-electron chi connectivity index (χ0n) is 11.5. The number of hydrogen-bond donors (Lipinski definition) is 2. The zero-order chi connectivity index (χ0) is 15.4. The van der Waals surface area contributed by atoms with Crippen molar-refractivity contribution in [1.82, 2.24) is 4.98 Å². The highest BCUT2D eigenvalue weighted by Crippen LogP contribution is 2.32. The van der Waals surface area contributed by atoms with Crippen LogP contribution in [0.15, 0.2) is 30.5 Å². The summed E-state index contributed by atoms with van der Waals surface area (Å²) in [5.74, 6) is 0.785. The number of amides is 1. The van der Waals surface area contributed by atoms with Crippen molar-refractivity contribution in [1.29, 1.82) is 0 Å². The molecule has 0 unspecified atom stereocenters. The summed E-state index contributed by atoms with van der Waals surface area (Å²) in [6, 6.07) is 6.19. The second kappa shape index (κ2) is 6.32. The maximum absolute atomic E-state index is 12.2. The summed E-state index contributed by atoms with van der Waals surface area (Å²) in [7, 11) is 2.97. The number of carbonyl (C=O) groups excluding carboxylic acids is 1. The average molecular weight is 308 g/mol. The van der Waals surface area contributed by atoms with E-state index >= 15 is 0 Å². The van der Waals surface area contributed by atoms with Gasteiger partial charge in [-0.1, -0.05) is 11.6 Å². The van der Waals surface area contributed by atoms with Crippen LogP contribution in [-0.2, 0) is 0 Å². The quantitative estimate of drug-likeness (QED) is 0.848. The van der Waals surface area contributed by atoms with E-state index in [0.29, 0.717) is 22.3 Å². The molecule has 1 amide bonds. The molecule has 1 heterocycles. The van der Waals surface area contributed by atoms with Gasteiger partial charge >= 0.3 is 0 Å². The van der Waals surface area contributed by atoms with Gasteiger partial charge in [-0.15, -0.1) is 0 Å². The maximum atomic E-state index is 12.2. The van der Waals surface area contributed by atoms with Gasteiger partial charge in [-0.25, -0.2) is 4.98 Å². The van der Waals surface area contributed by atoms with Crippen molar-refractivity contribution >= 4 is 29.0 Å². The Morgan fingerprint density at radius 2 is 1.90 bits per heavy atom. The molecule has 0 bridgehead atoms. The fourth-order valence-corrected chi connectivity index (χ4v) is 1.91. The highest BCUT2D eigenvalue weighted by atomic mass is 35.5. The molecule has 110 valence electrons. The van der Waals surface area contributed by atoms with Crippen LogP contribution in [0.4, 0.5) is 11.5 Å². The standard InChI is InChI=1S/C14H14ClN3O3/c1-20-11-6-9(10(16)7-12(11)21-2)14(19)18-13-5-8(15)3-4-17-13/h3-7H,16H2,1-2H3,(H,17,18,19). The third-order valence-corrected chi connectivity index (χ3v) is 3.00. The summed E-state index contributed by atoms with van der Waals surface area (Å²) in [5.41, 5.74) is 6.39. The predicted molar refractivity (Wildman–Crippen MR) is 81.2 cm³/mol. The molecule has 0 aliphatic carbocycles. The molecular weight excluding hydrogens is 294 g/mol. The number of nitrogens with two attached hydrogens (primary N) is 1. The van der Waals surface area contributed by atoms with Crippen LogP contribution in [0.25, 0.3) is 0 Å². The number of hydrogen-bond acceptors (Lipinski definition) is 5. The van der Waals surface area contributed by atoms with Gasteiger partial charge < -0.3 is 20.5 Å². The van der Waals surface area contributed by atoms with Crippen LogP contribution in [0.2, 0.25) is 5.02 Å². The van der Waals surface area contributed by atoms with Crippen molar-refractivity contribution in [3.8, 4) is 11.5 Å². The zero-order valence-corrected chi connectivity index (χ0v) is 12.3. The lowest BCUT2D eigenvalue weighted by atomic mass is 10.1. The van der Waals surface area contributed by atoms with Gasteiger partial charge in [-0.2, -0.15) is 0 Å². The van der Waals surface area contributed by atoms with Crippen LogP contribution >= 0.6 is 11.6 Å². The molecule has 0 aliphatic heterocycles. The van der Waals surface area contributed by atoms with Gasteiger partial charge in [-0.3, -0.25) is 4.79 Å². The van der Waals surface area contributed by atoms with Gasteiger partial charge in [0.1, 0.15) is 5.82 Å². The first-order valence-corrected chi connectivity index (χ1v) is 6.37. The van der Waals surface area contributed by atoms with E-state index in [1.165, 1.54) is 38.6 Å². The number of pyridine rings is 1. The summed E-state index contributed by atoms with van der Waals surface area (Å²) in [4.78, 5) is 16.2. The fraction of sp³-hybridized carbons (Fsp3) is 0.143. The number of halogens is 1. The number of rotatable bonds is 4. The van der Waals surface area contributed by atoms with Crippen molar-refractivity contribution in [2.75, 3.05) is 25.3 Å². The van der Waals surface area contributed by atoms with Gasteiger partial charge in [-0.05, 0) is 18.2 Å². The highest BCUT2D eigenvalue weighted by Gasteiger charge is 2.15. The molecule has 6 nitrogen and oxygen atoms in total. The Kier molecular flexibility index (Phi) is 4.49. The normalized spacial score (nSPS) is 10.0. The molecule has 2 rings (SSSR count). The molecule has 0 fully saturated rings. The van der Waals surface area contributed by atoms with Gasteiger partial charge in [0.05, 0.1) is 19.8 Å². The molecule has 0 radical (unpaired) electrons. The van der Waals surface area contributed by atoms with Crippen molar-refractivity contribution in [3.05, 3.63) is 41.0 Å². The van der Waals surface area contributed by atoms with Gasteiger partial charge in [0.2, 0.25) is 0 Å². The Bertz CT molecular complexity index is 677. The third-order valence-electron chi connectivity index (χ3n) is 2.76. The van der Waals surface area contributed by atoms with Crippen LogP contribution in [0.5, 0.6) is 11.5 Å². The van der Waals surface area contributed by atoms with Crippen molar-refractivity contribution < 1.29 is 14.3 Å². The third kappa shape index (κ3) is 3.35. The van der Waals surface area contributed by atoms with E-state index in [2.05, 4.69) is 10.3 Å². The molecule has 0 atom stereocenters. The SMILES string of the molecule is COc1cc(N)c(C(=O)Nc2cc(Cl)ccn2)cc1OC. The summed E-state index contributed by atoms with van der Waals surface area (Å²) >= 11 is 5.84. The molecule has 7 heteroatoms. The van der Waals surface area contributed by atoms with E-state index in [1.54, 1.807) is 6.07 Å². The fourth-order valence-electron chi connectivity index (χ4n) is 1.75. The Balaban J connectivity index is 2.31. The van der Waals surface area contributed by atoms with E-state index in [-0.39, 0.29) is 11.3 Å². The van der Waals surface area contributed by atoms with Crippen LogP contribution in [-0.4, -0.2) is 25.1 Å². The first-order valence-electron chi connectivity index (χ1n) is 5.99. The first kappa shape index (κ1) is 14.9. The second-order valence-electron chi connectivity index (χ2n) is 4.11. The van der Waals surface area contributed by atoms with Crippen molar-refractivity contribution in [3.63, 3.8) is 0 Å². The largest absolute Gasteiger partial charge is 0.493 e. The minimum absolute atomic E-state index is 0.259. The summed E-state index contributed by atoms with van der Waals surface area (Å²) in [6.45, 7) is 0. The van der Waals surface area contributed by atoms with Gasteiger partial charge in [0.15, 0.2) is 11.5 Å². The maximum Gasteiger partial charge on any atom is 0.259 e. The monoisotopic (exact) mass is 307 g/mol. The number of methoxy groups -OCH3 is 2. The molecule has 2 aromatic rings. The van der Waals surface area contributed by atoms with E-state index in [1.807, 2.05) is 0 Å². The topological polar surface area (TPSA) is 86.5 Å². The number of ether oxygens (including phenoxy) is 2. The lowest BCUT2D eigenvalue weighted by Gasteiger charge is -2.12. The van der Waals surface area contributed by atoms with Crippen LogP contribution < -0.4 is 20.5 Å². The molecule has 0 spiro atoms. The molecule has 21 heavy (non-hydrogen) atoms.